The Bertz CT molecular complexity index is 1070. The van der Waals surface area contributed by atoms with Crippen molar-refractivity contribution in [1.29, 1.82) is 0 Å². The first-order valence-corrected chi connectivity index (χ1v) is 9.94. The molecule has 1 amide bonds. The summed E-state index contributed by atoms with van der Waals surface area (Å²) in [6, 6.07) is 15.2. The highest BCUT2D eigenvalue weighted by Crippen LogP contribution is 2.13. The fourth-order valence-electron chi connectivity index (χ4n) is 2.49. The molecule has 0 saturated heterocycles. The van der Waals surface area contributed by atoms with E-state index in [1.807, 2.05) is 6.07 Å². The Labute approximate surface area is 162 Å². The van der Waals surface area contributed by atoms with E-state index in [1.54, 1.807) is 24.5 Å². The number of hydrogen-bond acceptors (Lipinski definition) is 4. The van der Waals surface area contributed by atoms with Gasteiger partial charge in [0.25, 0.3) is 5.91 Å². The third kappa shape index (κ3) is 4.99. The van der Waals surface area contributed by atoms with Gasteiger partial charge in [-0.2, -0.15) is 0 Å². The number of nitrogens with one attached hydrogen (secondary N) is 2. The molecule has 3 rings (SSSR count). The molecular weight excluding hydrogens is 381 g/mol. The molecule has 0 spiro atoms. The number of halogens is 1. The predicted octanol–water partition coefficient (Wildman–Crippen LogP) is 2.63. The smallest absolute Gasteiger partial charge is 0.251 e. The van der Waals surface area contributed by atoms with E-state index in [-0.39, 0.29) is 29.1 Å². The maximum Gasteiger partial charge on any atom is 0.251 e. The van der Waals surface area contributed by atoms with Crippen LogP contribution in [0.25, 0.3) is 0 Å². The number of pyridine rings is 1. The molecule has 0 bridgehead atoms. The van der Waals surface area contributed by atoms with E-state index in [2.05, 4.69) is 15.0 Å². The summed E-state index contributed by atoms with van der Waals surface area (Å²) in [4.78, 5) is 16.2. The van der Waals surface area contributed by atoms with E-state index < -0.39 is 21.7 Å². The first kappa shape index (κ1) is 19.7. The first-order chi connectivity index (χ1) is 13.5. The molecule has 0 aliphatic heterocycles. The highest BCUT2D eigenvalue weighted by molar-refractivity contribution is 7.89. The van der Waals surface area contributed by atoms with Gasteiger partial charge in [0.1, 0.15) is 5.82 Å². The number of carbonyl (C=O) groups excluding carboxylic acids is 1. The number of amides is 1. The Morgan fingerprint density at radius 2 is 1.82 bits per heavy atom. The number of hydrogen-bond donors (Lipinski definition) is 2. The van der Waals surface area contributed by atoms with Crippen LogP contribution in [0.3, 0.4) is 0 Å². The molecular formula is C20H18FN3O3S. The van der Waals surface area contributed by atoms with Crippen LogP contribution in [0.4, 0.5) is 4.39 Å². The SMILES string of the molecule is O=C(NCc1cccnc1)c1cccc(S(=O)(=O)NCc2ccccc2F)c1. The largest absolute Gasteiger partial charge is 0.348 e. The number of nitrogens with zero attached hydrogens (tertiary/aromatic N) is 1. The minimum Gasteiger partial charge on any atom is -0.348 e. The average molecular weight is 399 g/mol. The number of benzene rings is 2. The van der Waals surface area contributed by atoms with Crippen molar-refractivity contribution >= 4 is 15.9 Å². The molecule has 1 aromatic heterocycles. The lowest BCUT2D eigenvalue weighted by Gasteiger charge is -2.10. The van der Waals surface area contributed by atoms with Gasteiger partial charge in [-0.1, -0.05) is 30.3 Å². The second-order valence-corrected chi connectivity index (χ2v) is 7.75. The molecule has 0 fully saturated rings. The predicted molar refractivity (Wildman–Crippen MR) is 102 cm³/mol. The molecule has 0 radical (unpaired) electrons. The van der Waals surface area contributed by atoms with Crippen molar-refractivity contribution in [3.8, 4) is 0 Å². The minimum atomic E-state index is -3.91. The van der Waals surface area contributed by atoms with Crippen molar-refractivity contribution in [2.75, 3.05) is 0 Å². The zero-order valence-electron chi connectivity index (χ0n) is 14.8. The zero-order valence-corrected chi connectivity index (χ0v) is 15.6. The highest BCUT2D eigenvalue weighted by Gasteiger charge is 2.17. The van der Waals surface area contributed by atoms with Gasteiger partial charge in [-0.3, -0.25) is 9.78 Å². The second-order valence-electron chi connectivity index (χ2n) is 5.99. The standard InChI is InChI=1S/C20H18FN3O3S/c21-19-9-2-1-6-17(19)14-24-28(26,27)18-8-3-7-16(11-18)20(25)23-13-15-5-4-10-22-12-15/h1-12,24H,13-14H2,(H,23,25). The Morgan fingerprint density at radius 3 is 2.57 bits per heavy atom. The lowest BCUT2D eigenvalue weighted by atomic mass is 10.2. The third-order valence-corrected chi connectivity index (χ3v) is 5.39. The van der Waals surface area contributed by atoms with Gasteiger partial charge in [-0.25, -0.2) is 17.5 Å². The van der Waals surface area contributed by atoms with E-state index in [4.69, 9.17) is 0 Å². The summed E-state index contributed by atoms with van der Waals surface area (Å²) in [5.74, 6) is -0.899. The van der Waals surface area contributed by atoms with Crippen LogP contribution in [0.2, 0.25) is 0 Å². The minimum absolute atomic E-state index is 0.0714. The molecule has 0 atom stereocenters. The van der Waals surface area contributed by atoms with Crippen LogP contribution in [-0.2, 0) is 23.1 Å². The average Bonchev–Trinajstić information content (AvgIpc) is 2.72. The van der Waals surface area contributed by atoms with Crippen LogP contribution in [0.15, 0.2) is 78.0 Å². The van der Waals surface area contributed by atoms with E-state index in [9.17, 15) is 17.6 Å². The van der Waals surface area contributed by atoms with Crippen LogP contribution in [0.5, 0.6) is 0 Å². The van der Waals surface area contributed by atoms with Gasteiger partial charge in [0, 0.05) is 36.6 Å². The Balaban J connectivity index is 1.69. The summed E-state index contributed by atoms with van der Waals surface area (Å²) in [5.41, 5.74) is 1.26. The summed E-state index contributed by atoms with van der Waals surface area (Å²) in [6.45, 7) is 0.0849. The molecule has 0 aliphatic carbocycles. The molecule has 28 heavy (non-hydrogen) atoms. The number of aromatic nitrogens is 1. The van der Waals surface area contributed by atoms with Crippen molar-refractivity contribution in [2.24, 2.45) is 0 Å². The lowest BCUT2D eigenvalue weighted by Crippen LogP contribution is -2.25. The van der Waals surface area contributed by atoms with Crippen LogP contribution in [0.1, 0.15) is 21.5 Å². The highest BCUT2D eigenvalue weighted by atomic mass is 32.2. The molecule has 1 heterocycles. The number of rotatable bonds is 7. The Kier molecular flexibility index (Phi) is 6.13. The lowest BCUT2D eigenvalue weighted by molar-refractivity contribution is 0.0950. The monoisotopic (exact) mass is 399 g/mol. The zero-order chi connectivity index (χ0) is 20.0. The topological polar surface area (TPSA) is 88.2 Å². The summed E-state index contributed by atoms with van der Waals surface area (Å²) in [6.07, 6.45) is 3.27. The molecule has 144 valence electrons. The second kappa shape index (κ2) is 8.73. The maximum atomic E-state index is 13.7. The van der Waals surface area contributed by atoms with E-state index >= 15 is 0 Å². The fourth-order valence-corrected chi connectivity index (χ4v) is 3.54. The van der Waals surface area contributed by atoms with Gasteiger partial charge in [0.2, 0.25) is 10.0 Å². The van der Waals surface area contributed by atoms with E-state index in [0.29, 0.717) is 0 Å². The molecule has 3 aromatic rings. The maximum absolute atomic E-state index is 13.7. The van der Waals surface area contributed by atoms with Gasteiger partial charge in [0.05, 0.1) is 4.90 Å². The number of carbonyl (C=O) groups is 1. The molecule has 6 nitrogen and oxygen atoms in total. The summed E-state index contributed by atoms with van der Waals surface area (Å²) < 4.78 is 41.0. The van der Waals surface area contributed by atoms with Crippen LogP contribution in [-0.4, -0.2) is 19.3 Å². The molecule has 2 aromatic carbocycles. The molecule has 0 saturated carbocycles. The van der Waals surface area contributed by atoms with Crippen molar-refractivity contribution in [2.45, 2.75) is 18.0 Å². The van der Waals surface area contributed by atoms with Crippen molar-refractivity contribution in [1.82, 2.24) is 15.0 Å². The normalized spacial score (nSPS) is 11.2. The third-order valence-electron chi connectivity index (χ3n) is 3.99. The fraction of sp³-hybridized carbons (Fsp3) is 0.100. The van der Waals surface area contributed by atoms with Gasteiger partial charge < -0.3 is 5.32 Å². The van der Waals surface area contributed by atoms with Crippen molar-refractivity contribution in [3.05, 3.63) is 95.6 Å². The van der Waals surface area contributed by atoms with Crippen LogP contribution >= 0.6 is 0 Å². The van der Waals surface area contributed by atoms with Crippen LogP contribution < -0.4 is 10.0 Å². The Morgan fingerprint density at radius 1 is 1.00 bits per heavy atom. The van der Waals surface area contributed by atoms with E-state index in [1.165, 1.54) is 42.5 Å². The van der Waals surface area contributed by atoms with Crippen molar-refractivity contribution < 1.29 is 17.6 Å². The van der Waals surface area contributed by atoms with Crippen LogP contribution in [0, 0.1) is 5.82 Å². The summed E-state index contributed by atoms with van der Waals surface area (Å²) in [7, 11) is -3.91. The van der Waals surface area contributed by atoms with Crippen molar-refractivity contribution in [3.63, 3.8) is 0 Å². The van der Waals surface area contributed by atoms with Gasteiger partial charge in [-0.15, -0.1) is 0 Å². The Hall–Kier alpha value is -3.10. The molecule has 8 heteroatoms. The summed E-state index contributed by atoms with van der Waals surface area (Å²) >= 11 is 0. The van der Waals surface area contributed by atoms with Gasteiger partial charge in [0.15, 0.2) is 0 Å². The molecule has 0 aliphatic rings. The van der Waals surface area contributed by atoms with Gasteiger partial charge in [-0.05, 0) is 35.9 Å². The van der Waals surface area contributed by atoms with E-state index in [0.717, 1.165) is 5.56 Å². The number of sulfonamides is 1. The summed E-state index contributed by atoms with van der Waals surface area (Å²) in [5, 5.41) is 2.72. The molecule has 0 unspecified atom stereocenters. The first-order valence-electron chi connectivity index (χ1n) is 8.46. The van der Waals surface area contributed by atoms with Gasteiger partial charge >= 0.3 is 0 Å². The molecule has 2 N–H and O–H groups in total. The quantitative estimate of drug-likeness (QED) is 0.639.